The third-order valence-electron chi connectivity index (χ3n) is 3.85. The van der Waals surface area contributed by atoms with Crippen molar-refractivity contribution in [3.05, 3.63) is 35.1 Å². The molecule has 3 nitrogen and oxygen atoms in total. The van der Waals surface area contributed by atoms with Crippen LogP contribution in [-0.4, -0.2) is 23.4 Å². The number of hydrogen-bond donors (Lipinski definition) is 0. The highest BCUT2D eigenvalue weighted by atomic mass is 19.4. The van der Waals surface area contributed by atoms with Gasteiger partial charge in [-0.3, -0.25) is 4.79 Å². The number of rotatable bonds is 2. The summed E-state index contributed by atoms with van der Waals surface area (Å²) >= 11 is 0. The molecule has 1 aliphatic rings. The van der Waals surface area contributed by atoms with Gasteiger partial charge in [0.1, 0.15) is 11.4 Å². The second-order valence-corrected chi connectivity index (χ2v) is 5.05. The zero-order chi connectivity index (χ0) is 15.8. The monoisotopic (exact) mass is 300 g/mol. The SMILES string of the molecule is CN(C(=O)c1ccc(F)cc1C(F)(F)F)C1(C#N)CCC1. The van der Waals surface area contributed by atoms with E-state index in [4.69, 9.17) is 5.26 Å². The highest BCUT2D eigenvalue weighted by Gasteiger charge is 2.45. The Labute approximate surface area is 118 Å². The molecule has 0 heterocycles. The lowest BCUT2D eigenvalue weighted by Gasteiger charge is -2.43. The van der Waals surface area contributed by atoms with E-state index in [1.54, 1.807) is 0 Å². The molecule has 1 aromatic rings. The Balaban J connectivity index is 2.43. The first-order chi connectivity index (χ1) is 9.71. The van der Waals surface area contributed by atoms with Gasteiger partial charge in [-0.15, -0.1) is 0 Å². The van der Waals surface area contributed by atoms with Crippen LogP contribution in [0, 0.1) is 17.1 Å². The molecule has 1 saturated carbocycles. The first-order valence-corrected chi connectivity index (χ1v) is 6.27. The molecule has 21 heavy (non-hydrogen) atoms. The van der Waals surface area contributed by atoms with Crippen LogP contribution in [-0.2, 0) is 6.18 Å². The van der Waals surface area contributed by atoms with Crippen LogP contribution >= 0.6 is 0 Å². The van der Waals surface area contributed by atoms with Gasteiger partial charge >= 0.3 is 6.18 Å². The van der Waals surface area contributed by atoms with E-state index in [2.05, 4.69) is 0 Å². The number of amides is 1. The molecule has 0 bridgehead atoms. The number of carbonyl (C=O) groups is 1. The Bertz CT molecular complexity index is 614. The third kappa shape index (κ3) is 2.58. The number of nitriles is 1. The first kappa shape index (κ1) is 15.3. The molecule has 1 aliphatic carbocycles. The van der Waals surface area contributed by atoms with E-state index in [1.165, 1.54) is 7.05 Å². The summed E-state index contributed by atoms with van der Waals surface area (Å²) in [7, 11) is 1.30. The molecule has 7 heteroatoms. The van der Waals surface area contributed by atoms with E-state index in [-0.39, 0.29) is 0 Å². The van der Waals surface area contributed by atoms with Crippen molar-refractivity contribution >= 4 is 5.91 Å². The third-order valence-corrected chi connectivity index (χ3v) is 3.85. The molecule has 1 amide bonds. The highest BCUT2D eigenvalue weighted by Crippen LogP contribution is 2.39. The second-order valence-electron chi connectivity index (χ2n) is 5.05. The average molecular weight is 300 g/mol. The van der Waals surface area contributed by atoms with E-state index in [1.807, 2.05) is 6.07 Å². The molecule has 112 valence electrons. The predicted molar refractivity (Wildman–Crippen MR) is 65.7 cm³/mol. The van der Waals surface area contributed by atoms with Crippen LogP contribution in [0.2, 0.25) is 0 Å². The summed E-state index contributed by atoms with van der Waals surface area (Å²) in [4.78, 5) is 13.3. The largest absolute Gasteiger partial charge is 0.417 e. The van der Waals surface area contributed by atoms with Gasteiger partial charge in [0.05, 0.1) is 17.2 Å². The first-order valence-electron chi connectivity index (χ1n) is 6.27. The lowest BCUT2D eigenvalue weighted by atomic mass is 9.76. The molecule has 0 spiro atoms. The summed E-state index contributed by atoms with van der Waals surface area (Å²) in [6.45, 7) is 0. The maximum Gasteiger partial charge on any atom is 0.417 e. The zero-order valence-corrected chi connectivity index (χ0v) is 11.2. The van der Waals surface area contributed by atoms with Gasteiger partial charge in [0.25, 0.3) is 5.91 Å². The maximum absolute atomic E-state index is 13.0. The fourth-order valence-electron chi connectivity index (χ4n) is 2.35. The summed E-state index contributed by atoms with van der Waals surface area (Å²) in [6.07, 6.45) is -3.25. The molecule has 0 atom stereocenters. The standard InChI is InChI=1S/C14H12F4N2O/c1-20(13(8-19)5-2-6-13)12(21)10-4-3-9(15)7-11(10)14(16,17)18/h3-4,7H,2,5-6H2,1H3. The molecule has 0 unspecified atom stereocenters. The van der Waals surface area contributed by atoms with Crippen molar-refractivity contribution in [1.82, 2.24) is 4.90 Å². The smallest absolute Gasteiger partial charge is 0.323 e. The Kier molecular flexibility index (Phi) is 3.66. The van der Waals surface area contributed by atoms with Crippen LogP contribution < -0.4 is 0 Å². The Morgan fingerprint density at radius 1 is 1.38 bits per heavy atom. The molecular weight excluding hydrogens is 288 g/mol. The van der Waals surface area contributed by atoms with E-state index in [0.29, 0.717) is 18.9 Å². The van der Waals surface area contributed by atoms with Gasteiger partial charge in [0, 0.05) is 7.05 Å². The Morgan fingerprint density at radius 3 is 2.43 bits per heavy atom. The minimum Gasteiger partial charge on any atom is -0.323 e. The summed E-state index contributed by atoms with van der Waals surface area (Å²) in [5.41, 5.74) is -3.03. The van der Waals surface area contributed by atoms with Crippen LogP contribution in [0.15, 0.2) is 18.2 Å². The molecule has 0 aromatic heterocycles. The molecule has 1 fully saturated rings. The van der Waals surface area contributed by atoms with Crippen molar-refractivity contribution in [3.63, 3.8) is 0 Å². The number of carbonyl (C=O) groups excluding carboxylic acids is 1. The summed E-state index contributed by atoms with van der Waals surface area (Å²) < 4.78 is 51.8. The quantitative estimate of drug-likeness (QED) is 0.786. The summed E-state index contributed by atoms with van der Waals surface area (Å²) in [5.74, 6) is -2.00. The normalized spacial score (nSPS) is 16.8. The van der Waals surface area contributed by atoms with Gasteiger partial charge in [-0.2, -0.15) is 18.4 Å². The minimum atomic E-state index is -4.84. The predicted octanol–water partition coefficient (Wildman–Crippen LogP) is 3.36. The fourth-order valence-corrected chi connectivity index (χ4v) is 2.35. The highest BCUT2D eigenvalue weighted by molar-refractivity contribution is 5.96. The van der Waals surface area contributed by atoms with Crippen LogP contribution in [0.5, 0.6) is 0 Å². The zero-order valence-electron chi connectivity index (χ0n) is 11.2. The van der Waals surface area contributed by atoms with Crippen molar-refractivity contribution in [3.8, 4) is 6.07 Å². The maximum atomic E-state index is 13.0. The van der Waals surface area contributed by atoms with Crippen molar-refractivity contribution in [2.75, 3.05) is 7.05 Å². The molecule has 0 radical (unpaired) electrons. The molecule has 0 saturated heterocycles. The van der Waals surface area contributed by atoms with Gasteiger partial charge in [-0.25, -0.2) is 4.39 Å². The van der Waals surface area contributed by atoms with Gasteiger partial charge < -0.3 is 4.90 Å². The van der Waals surface area contributed by atoms with E-state index in [9.17, 15) is 22.4 Å². The topological polar surface area (TPSA) is 44.1 Å². The van der Waals surface area contributed by atoms with Gasteiger partial charge in [0.2, 0.25) is 0 Å². The van der Waals surface area contributed by atoms with Crippen LogP contribution in [0.1, 0.15) is 35.2 Å². The number of hydrogen-bond acceptors (Lipinski definition) is 2. The summed E-state index contributed by atoms with van der Waals surface area (Å²) in [5, 5.41) is 9.15. The number of nitrogens with zero attached hydrogens (tertiary/aromatic N) is 2. The van der Waals surface area contributed by atoms with Crippen molar-refractivity contribution in [2.45, 2.75) is 31.0 Å². The Hall–Kier alpha value is -2.10. The van der Waals surface area contributed by atoms with Crippen molar-refractivity contribution in [1.29, 1.82) is 5.26 Å². The van der Waals surface area contributed by atoms with Crippen LogP contribution in [0.3, 0.4) is 0 Å². The molecule has 1 aromatic carbocycles. The average Bonchev–Trinajstić information content (AvgIpc) is 2.36. The Morgan fingerprint density at radius 2 is 2.00 bits per heavy atom. The van der Waals surface area contributed by atoms with Crippen molar-refractivity contribution in [2.24, 2.45) is 0 Å². The lowest BCUT2D eigenvalue weighted by molar-refractivity contribution is -0.138. The van der Waals surface area contributed by atoms with E-state index < -0.39 is 34.6 Å². The number of benzene rings is 1. The van der Waals surface area contributed by atoms with Crippen LogP contribution in [0.4, 0.5) is 17.6 Å². The summed E-state index contributed by atoms with van der Waals surface area (Å²) in [6, 6.07) is 3.89. The van der Waals surface area contributed by atoms with Gasteiger partial charge in [-0.1, -0.05) is 0 Å². The molecular formula is C14H12F4N2O. The van der Waals surface area contributed by atoms with Gasteiger partial charge in [0.15, 0.2) is 0 Å². The van der Waals surface area contributed by atoms with E-state index >= 15 is 0 Å². The van der Waals surface area contributed by atoms with E-state index in [0.717, 1.165) is 23.5 Å². The van der Waals surface area contributed by atoms with Crippen molar-refractivity contribution < 1.29 is 22.4 Å². The van der Waals surface area contributed by atoms with Gasteiger partial charge in [-0.05, 0) is 37.5 Å². The fraction of sp³-hybridized carbons (Fsp3) is 0.429. The number of alkyl halides is 3. The number of halogens is 4. The van der Waals surface area contributed by atoms with Crippen LogP contribution in [0.25, 0.3) is 0 Å². The molecule has 0 N–H and O–H groups in total. The molecule has 2 rings (SSSR count). The second kappa shape index (κ2) is 5.02. The lowest BCUT2D eigenvalue weighted by Crippen LogP contribution is -2.53. The molecule has 0 aliphatic heterocycles. The minimum absolute atomic E-state index is 0.293.